The quantitative estimate of drug-likeness (QED) is 0.158. The van der Waals surface area contributed by atoms with Gasteiger partial charge in [-0.3, -0.25) is 0 Å². The van der Waals surface area contributed by atoms with E-state index in [1.807, 2.05) is 11.3 Å². The standard InChI is InChI=1S/C48H51BN2S/c1-28-21-35-33-26-34-32-15-11-12-16-41(32)52-42(34)27-39(33)51(38-18-17-30(23-29(38)2)45(3,4)5)49-37-25-31(46(6,7)8)24-36-44(37)50(40(22-28)43(35)49)48(10)20-14-13-19-47(36,48)9/h11-12,15-18,21-27H,13-14,19-20H2,1-10H3. The molecular weight excluding hydrogens is 647 g/mol. The molecule has 3 aliphatic heterocycles. The molecule has 1 saturated carbocycles. The van der Waals surface area contributed by atoms with Crippen LogP contribution in [0.2, 0.25) is 0 Å². The molecule has 52 heavy (non-hydrogen) atoms. The average Bonchev–Trinajstić information content (AvgIpc) is 3.55. The Bertz CT molecular complexity index is 2530. The predicted molar refractivity (Wildman–Crippen MR) is 228 cm³/mol. The molecular formula is C48H51BN2S. The Hall–Kier alpha value is -4.02. The Balaban J connectivity index is 1.37. The van der Waals surface area contributed by atoms with Gasteiger partial charge in [0.1, 0.15) is 0 Å². The highest BCUT2D eigenvalue weighted by molar-refractivity contribution is 7.25. The number of fused-ring (bicyclic) bond motifs is 10. The molecule has 0 amide bonds. The van der Waals surface area contributed by atoms with Gasteiger partial charge in [0.25, 0.3) is 0 Å². The zero-order valence-corrected chi connectivity index (χ0v) is 33.5. The summed E-state index contributed by atoms with van der Waals surface area (Å²) in [5.74, 6) is 0. The zero-order chi connectivity index (χ0) is 36.3. The summed E-state index contributed by atoms with van der Waals surface area (Å²) in [6.45, 7) is 24.2. The maximum absolute atomic E-state index is 2.88. The zero-order valence-electron chi connectivity index (χ0n) is 32.7. The number of nitrogens with zero attached hydrogens (tertiary/aromatic N) is 2. The number of hydrogen-bond donors (Lipinski definition) is 0. The third kappa shape index (κ3) is 4.14. The Morgan fingerprint density at radius 3 is 2.17 bits per heavy atom. The monoisotopic (exact) mass is 698 g/mol. The van der Waals surface area contributed by atoms with Crippen LogP contribution in [0.1, 0.15) is 109 Å². The van der Waals surface area contributed by atoms with Crippen LogP contribution in [0.25, 0.3) is 31.3 Å². The number of anilines is 4. The van der Waals surface area contributed by atoms with Crippen LogP contribution in [0.5, 0.6) is 0 Å². The molecule has 4 heteroatoms. The molecule has 0 bridgehead atoms. The minimum absolute atomic E-state index is 0.00820. The molecule has 262 valence electrons. The summed E-state index contributed by atoms with van der Waals surface area (Å²) in [5.41, 5.74) is 18.6. The molecule has 1 fully saturated rings. The number of rotatable bonds is 1. The van der Waals surface area contributed by atoms with Crippen LogP contribution in [0.15, 0.2) is 78.9 Å². The highest BCUT2D eigenvalue weighted by Gasteiger charge is 2.62. The lowest BCUT2D eigenvalue weighted by atomic mass is 9.43. The first-order valence-corrected chi connectivity index (χ1v) is 20.4. The molecule has 0 spiro atoms. The van der Waals surface area contributed by atoms with Crippen molar-refractivity contribution >= 4 is 72.0 Å². The first-order valence-electron chi connectivity index (χ1n) is 19.6. The van der Waals surface area contributed by atoms with Gasteiger partial charge < -0.3 is 9.71 Å². The summed E-state index contributed by atoms with van der Waals surface area (Å²) in [4.78, 5) is 5.65. The van der Waals surface area contributed by atoms with Gasteiger partial charge in [0, 0.05) is 53.9 Å². The van der Waals surface area contributed by atoms with Crippen molar-refractivity contribution in [1.29, 1.82) is 0 Å². The van der Waals surface area contributed by atoms with E-state index < -0.39 is 0 Å². The highest BCUT2D eigenvalue weighted by Crippen LogP contribution is 2.62. The van der Waals surface area contributed by atoms with E-state index in [2.05, 4.69) is 158 Å². The van der Waals surface area contributed by atoms with Crippen LogP contribution >= 0.6 is 11.3 Å². The van der Waals surface area contributed by atoms with Gasteiger partial charge >= 0.3 is 6.85 Å². The van der Waals surface area contributed by atoms with Crippen molar-refractivity contribution in [2.75, 3.05) is 9.71 Å². The van der Waals surface area contributed by atoms with E-state index in [0.29, 0.717) is 0 Å². The van der Waals surface area contributed by atoms with Crippen molar-refractivity contribution in [2.45, 2.75) is 117 Å². The SMILES string of the molecule is Cc1cc2c3c(c1)N1c4c(cc(C(C)(C)C)cc4C4(C)CCCCC14C)B3N(c1ccc(C(C)(C)C)cc1C)c1cc3sc4ccccc4c3cc1-2. The summed E-state index contributed by atoms with van der Waals surface area (Å²) in [7, 11) is 0. The van der Waals surface area contributed by atoms with E-state index in [9.17, 15) is 0 Å². The third-order valence-electron chi connectivity index (χ3n) is 13.8. The molecule has 1 aliphatic carbocycles. The molecule has 0 radical (unpaired) electrons. The highest BCUT2D eigenvalue weighted by atomic mass is 32.1. The minimum Gasteiger partial charge on any atom is -0.376 e. The lowest BCUT2D eigenvalue weighted by Gasteiger charge is -2.53. The second kappa shape index (κ2) is 10.3. The van der Waals surface area contributed by atoms with Gasteiger partial charge in [-0.2, -0.15) is 0 Å². The maximum atomic E-state index is 2.88. The molecule has 1 aromatic heterocycles. The average molecular weight is 699 g/mol. The molecule has 2 atom stereocenters. The van der Waals surface area contributed by atoms with E-state index in [-0.39, 0.29) is 28.6 Å². The number of aryl methyl sites for hydroxylation is 2. The number of benzene rings is 5. The Morgan fingerprint density at radius 2 is 1.42 bits per heavy atom. The van der Waals surface area contributed by atoms with E-state index >= 15 is 0 Å². The number of thiophene rings is 1. The summed E-state index contributed by atoms with van der Waals surface area (Å²) >= 11 is 1.93. The summed E-state index contributed by atoms with van der Waals surface area (Å²) in [6, 6.07) is 31.7. The normalized spacial score (nSPS) is 21.8. The van der Waals surface area contributed by atoms with Crippen LogP contribution in [-0.2, 0) is 16.2 Å². The lowest BCUT2D eigenvalue weighted by molar-refractivity contribution is 0.195. The van der Waals surface area contributed by atoms with E-state index in [1.54, 1.807) is 5.56 Å². The van der Waals surface area contributed by atoms with Crippen LogP contribution in [-0.4, -0.2) is 12.4 Å². The van der Waals surface area contributed by atoms with Gasteiger partial charge in [0.05, 0.1) is 5.54 Å². The molecule has 4 aliphatic rings. The van der Waals surface area contributed by atoms with E-state index in [0.717, 1.165) is 0 Å². The minimum atomic E-state index is 0.00820. The van der Waals surface area contributed by atoms with Crippen LogP contribution in [0.4, 0.5) is 22.7 Å². The molecule has 4 heterocycles. The fourth-order valence-corrected chi connectivity index (χ4v) is 11.9. The van der Waals surface area contributed by atoms with Crippen LogP contribution in [0.3, 0.4) is 0 Å². The Kier molecular flexibility index (Phi) is 6.49. The fourth-order valence-electron chi connectivity index (χ4n) is 10.8. The largest absolute Gasteiger partial charge is 0.376 e. The van der Waals surface area contributed by atoms with Crippen molar-refractivity contribution in [3.8, 4) is 11.1 Å². The molecule has 0 saturated heterocycles. The molecule has 2 unspecified atom stereocenters. The lowest BCUT2D eigenvalue weighted by Crippen LogP contribution is -2.64. The maximum Gasteiger partial charge on any atom is 0.333 e. The van der Waals surface area contributed by atoms with Crippen molar-refractivity contribution in [3.05, 3.63) is 107 Å². The molecule has 5 aromatic carbocycles. The summed E-state index contributed by atoms with van der Waals surface area (Å²) in [6.07, 6.45) is 5.03. The summed E-state index contributed by atoms with van der Waals surface area (Å²) in [5, 5.41) is 2.73. The molecule has 10 rings (SSSR count). The second-order valence-electron chi connectivity index (χ2n) is 19.1. The van der Waals surface area contributed by atoms with Crippen LogP contribution in [0, 0.1) is 13.8 Å². The van der Waals surface area contributed by atoms with Gasteiger partial charge in [0.15, 0.2) is 0 Å². The van der Waals surface area contributed by atoms with Crippen molar-refractivity contribution in [3.63, 3.8) is 0 Å². The Morgan fingerprint density at radius 1 is 0.673 bits per heavy atom. The van der Waals surface area contributed by atoms with Gasteiger partial charge in [-0.15, -0.1) is 11.3 Å². The van der Waals surface area contributed by atoms with Crippen molar-refractivity contribution < 1.29 is 0 Å². The van der Waals surface area contributed by atoms with Gasteiger partial charge in [-0.1, -0.05) is 110 Å². The molecule has 0 N–H and O–H groups in total. The first-order chi connectivity index (χ1) is 24.6. The Labute approximate surface area is 315 Å². The number of hydrogen-bond acceptors (Lipinski definition) is 3. The van der Waals surface area contributed by atoms with Crippen LogP contribution < -0.4 is 20.6 Å². The fraction of sp³-hybridized carbons (Fsp3) is 0.375. The second-order valence-corrected chi connectivity index (χ2v) is 20.2. The van der Waals surface area contributed by atoms with Gasteiger partial charge in [0.2, 0.25) is 0 Å². The smallest absolute Gasteiger partial charge is 0.333 e. The van der Waals surface area contributed by atoms with Crippen molar-refractivity contribution in [2.24, 2.45) is 0 Å². The van der Waals surface area contributed by atoms with Gasteiger partial charge in [-0.25, -0.2) is 0 Å². The van der Waals surface area contributed by atoms with Gasteiger partial charge in [-0.05, 0) is 119 Å². The summed E-state index contributed by atoms with van der Waals surface area (Å²) < 4.78 is 2.72. The van der Waals surface area contributed by atoms with E-state index in [1.165, 1.54) is 113 Å². The topological polar surface area (TPSA) is 6.48 Å². The van der Waals surface area contributed by atoms with Crippen molar-refractivity contribution in [1.82, 2.24) is 0 Å². The molecule has 2 nitrogen and oxygen atoms in total. The van der Waals surface area contributed by atoms with E-state index in [4.69, 9.17) is 0 Å². The first kappa shape index (κ1) is 32.6. The third-order valence-corrected chi connectivity index (χ3v) is 15.0. The molecule has 6 aromatic rings. The predicted octanol–water partition coefficient (Wildman–Crippen LogP) is 12.2.